The number of halogens is 8. The SMILES string of the molecule is O=C(NC1CCC(F)(F)CC1)c1cc(NC(=O)C2C(c3cc(Cl)c(Cl)c(Cl)c3)C2(Cl)Cl)ccc1Cl. The molecule has 2 saturated carbocycles. The fourth-order valence-corrected chi connectivity index (χ4v) is 5.91. The minimum atomic E-state index is -2.70. The summed E-state index contributed by atoms with van der Waals surface area (Å²) in [5.41, 5.74) is 0.957. The first-order valence-electron chi connectivity index (χ1n) is 10.6. The van der Waals surface area contributed by atoms with E-state index in [1.165, 1.54) is 18.2 Å². The maximum Gasteiger partial charge on any atom is 0.253 e. The lowest BCUT2D eigenvalue weighted by molar-refractivity contribution is -0.117. The Morgan fingerprint density at radius 3 is 2.11 bits per heavy atom. The highest BCUT2D eigenvalue weighted by atomic mass is 35.5. The number of amides is 2. The lowest BCUT2D eigenvalue weighted by Gasteiger charge is -2.28. The second-order valence-corrected chi connectivity index (χ2v) is 11.8. The van der Waals surface area contributed by atoms with Crippen molar-refractivity contribution in [2.75, 3.05) is 5.32 Å². The van der Waals surface area contributed by atoms with Crippen molar-refractivity contribution in [2.24, 2.45) is 5.92 Å². The second kappa shape index (κ2) is 10.0. The van der Waals surface area contributed by atoms with E-state index in [1.54, 1.807) is 12.1 Å². The summed E-state index contributed by atoms with van der Waals surface area (Å²) in [6.45, 7) is 0. The molecular weight excluding hydrogens is 587 g/mol. The Bertz CT molecular complexity index is 1160. The van der Waals surface area contributed by atoms with Crippen molar-refractivity contribution in [3.8, 4) is 0 Å². The van der Waals surface area contributed by atoms with Crippen LogP contribution in [-0.2, 0) is 4.79 Å². The van der Waals surface area contributed by atoms with Crippen LogP contribution in [0.3, 0.4) is 0 Å². The second-order valence-electron chi connectivity index (χ2n) is 8.72. The summed E-state index contributed by atoms with van der Waals surface area (Å²) in [4.78, 5) is 25.7. The van der Waals surface area contributed by atoms with Crippen LogP contribution < -0.4 is 10.6 Å². The molecule has 0 aromatic heterocycles. The van der Waals surface area contributed by atoms with Gasteiger partial charge in [-0.25, -0.2) is 8.78 Å². The van der Waals surface area contributed by atoms with Crippen molar-refractivity contribution >= 4 is 87.1 Å². The molecule has 2 aromatic carbocycles. The Balaban J connectivity index is 1.45. The Morgan fingerprint density at radius 1 is 0.914 bits per heavy atom. The van der Waals surface area contributed by atoms with Gasteiger partial charge in [-0.2, -0.15) is 0 Å². The maximum absolute atomic E-state index is 13.4. The summed E-state index contributed by atoms with van der Waals surface area (Å²) >= 11 is 37.2. The normalized spacial score (nSPS) is 23.0. The molecule has 2 unspecified atom stereocenters. The van der Waals surface area contributed by atoms with Crippen molar-refractivity contribution in [1.29, 1.82) is 0 Å². The Morgan fingerprint density at radius 2 is 1.51 bits per heavy atom. The molecule has 2 aliphatic rings. The number of hydrogen-bond acceptors (Lipinski definition) is 2. The topological polar surface area (TPSA) is 58.2 Å². The van der Waals surface area contributed by atoms with Crippen LogP contribution in [-0.4, -0.2) is 28.1 Å². The summed E-state index contributed by atoms with van der Waals surface area (Å²) in [6.07, 6.45) is -0.232. The van der Waals surface area contributed by atoms with Gasteiger partial charge in [-0.15, -0.1) is 23.2 Å². The summed E-state index contributed by atoms with van der Waals surface area (Å²) in [5, 5.41) is 6.19. The van der Waals surface area contributed by atoms with Gasteiger partial charge in [0.2, 0.25) is 11.8 Å². The van der Waals surface area contributed by atoms with E-state index < -0.39 is 33.9 Å². The zero-order valence-electron chi connectivity index (χ0n) is 17.8. The quantitative estimate of drug-likeness (QED) is 0.267. The molecule has 0 heterocycles. The number of hydrogen-bond donors (Lipinski definition) is 2. The molecule has 2 fully saturated rings. The predicted octanol–water partition coefficient (Wildman–Crippen LogP) is 8.13. The maximum atomic E-state index is 13.4. The molecule has 2 aliphatic carbocycles. The fraction of sp³-hybridized carbons (Fsp3) is 0.391. The van der Waals surface area contributed by atoms with Crippen LogP contribution in [0.1, 0.15) is 47.5 Å². The van der Waals surface area contributed by atoms with E-state index in [9.17, 15) is 18.4 Å². The summed E-state index contributed by atoms with van der Waals surface area (Å²) in [5.74, 6) is -5.11. The third kappa shape index (κ3) is 5.78. The first kappa shape index (κ1) is 27.0. The Labute approximate surface area is 230 Å². The molecule has 188 valence electrons. The van der Waals surface area contributed by atoms with Gasteiger partial charge in [-0.1, -0.05) is 46.4 Å². The van der Waals surface area contributed by atoms with E-state index in [0.717, 1.165) is 0 Å². The van der Waals surface area contributed by atoms with Crippen LogP contribution in [0.2, 0.25) is 20.1 Å². The molecule has 0 saturated heterocycles. The van der Waals surface area contributed by atoms with E-state index in [2.05, 4.69) is 10.6 Å². The van der Waals surface area contributed by atoms with E-state index in [1.807, 2.05) is 0 Å². The molecule has 0 radical (unpaired) electrons. The Hall–Kier alpha value is -1.02. The highest BCUT2D eigenvalue weighted by molar-refractivity contribution is 6.54. The number of benzene rings is 2. The number of carbonyl (C=O) groups excluding carboxylic acids is 2. The predicted molar refractivity (Wildman–Crippen MR) is 137 cm³/mol. The van der Waals surface area contributed by atoms with E-state index in [-0.39, 0.29) is 57.4 Å². The average molecular weight is 605 g/mol. The molecule has 4 rings (SSSR count). The van der Waals surface area contributed by atoms with Crippen LogP contribution in [0.4, 0.5) is 14.5 Å². The number of nitrogens with one attached hydrogen (secondary N) is 2. The minimum Gasteiger partial charge on any atom is -0.349 e. The number of anilines is 1. The van der Waals surface area contributed by atoms with Gasteiger partial charge in [0.25, 0.3) is 5.91 Å². The third-order valence-corrected chi connectivity index (χ3v) is 8.70. The van der Waals surface area contributed by atoms with Crippen LogP contribution in [0.15, 0.2) is 30.3 Å². The van der Waals surface area contributed by atoms with Gasteiger partial charge >= 0.3 is 0 Å². The Kier molecular flexibility index (Phi) is 7.75. The molecule has 12 heteroatoms. The average Bonchev–Trinajstić information content (AvgIpc) is 3.36. The lowest BCUT2D eigenvalue weighted by atomic mass is 9.92. The summed E-state index contributed by atoms with van der Waals surface area (Å²) in [6, 6.07) is 7.12. The van der Waals surface area contributed by atoms with Gasteiger partial charge in [0.1, 0.15) is 4.33 Å². The zero-order chi connectivity index (χ0) is 25.7. The molecule has 2 atom stereocenters. The summed E-state index contributed by atoms with van der Waals surface area (Å²) in [7, 11) is 0. The van der Waals surface area contributed by atoms with Crippen LogP contribution in [0.5, 0.6) is 0 Å². The van der Waals surface area contributed by atoms with Gasteiger partial charge in [-0.05, 0) is 48.7 Å². The van der Waals surface area contributed by atoms with E-state index >= 15 is 0 Å². The van der Waals surface area contributed by atoms with Gasteiger partial charge in [0, 0.05) is 30.5 Å². The molecule has 2 aromatic rings. The molecule has 35 heavy (non-hydrogen) atoms. The van der Waals surface area contributed by atoms with Crippen molar-refractivity contribution in [2.45, 2.75) is 47.9 Å². The van der Waals surface area contributed by atoms with Gasteiger partial charge in [-0.3, -0.25) is 9.59 Å². The molecule has 0 bridgehead atoms. The van der Waals surface area contributed by atoms with Gasteiger partial charge < -0.3 is 10.6 Å². The third-order valence-electron chi connectivity index (χ3n) is 6.23. The highest BCUT2D eigenvalue weighted by Gasteiger charge is 2.67. The molecule has 2 N–H and O–H groups in total. The smallest absolute Gasteiger partial charge is 0.253 e. The van der Waals surface area contributed by atoms with Gasteiger partial charge in [0.05, 0.1) is 31.6 Å². The molecule has 0 aliphatic heterocycles. The number of carbonyl (C=O) groups is 2. The molecule has 2 amide bonds. The first-order valence-corrected chi connectivity index (χ1v) is 12.9. The monoisotopic (exact) mass is 602 g/mol. The number of rotatable bonds is 5. The van der Waals surface area contributed by atoms with Crippen LogP contribution >= 0.6 is 69.6 Å². The van der Waals surface area contributed by atoms with Crippen molar-refractivity contribution in [3.05, 3.63) is 61.5 Å². The largest absolute Gasteiger partial charge is 0.349 e. The van der Waals surface area contributed by atoms with E-state index in [4.69, 9.17) is 69.6 Å². The van der Waals surface area contributed by atoms with Crippen molar-refractivity contribution in [1.82, 2.24) is 5.32 Å². The molecular formula is C23H18Cl6F2N2O2. The van der Waals surface area contributed by atoms with Gasteiger partial charge in [0.15, 0.2) is 0 Å². The fourth-order valence-electron chi connectivity index (χ4n) is 4.27. The molecule has 4 nitrogen and oxygen atoms in total. The van der Waals surface area contributed by atoms with Crippen molar-refractivity contribution in [3.63, 3.8) is 0 Å². The zero-order valence-corrected chi connectivity index (χ0v) is 22.3. The highest BCUT2D eigenvalue weighted by Crippen LogP contribution is 2.65. The number of alkyl halides is 4. The van der Waals surface area contributed by atoms with Crippen LogP contribution in [0, 0.1) is 5.92 Å². The van der Waals surface area contributed by atoms with Crippen molar-refractivity contribution < 1.29 is 18.4 Å². The lowest BCUT2D eigenvalue weighted by Crippen LogP contribution is -2.40. The standard InChI is InChI=1S/C23H18Cl6F2N2O2/c24-14-2-1-12(9-13(14)20(34)32-11-3-5-22(30,31)6-4-11)33-21(35)18-17(23(18,28)29)10-7-15(25)19(27)16(26)8-10/h1-2,7-9,11,17-18H,3-6H2,(H,32,34)(H,33,35). The van der Waals surface area contributed by atoms with Crippen LogP contribution in [0.25, 0.3) is 0 Å². The molecule has 0 spiro atoms. The first-order chi connectivity index (χ1) is 16.3. The summed E-state index contributed by atoms with van der Waals surface area (Å²) < 4.78 is 25.4. The van der Waals surface area contributed by atoms with E-state index in [0.29, 0.717) is 11.3 Å². The minimum absolute atomic E-state index is 0.105.